The van der Waals surface area contributed by atoms with E-state index in [-0.39, 0.29) is 0 Å². The molecular formula is C15H10ClN3S. The Morgan fingerprint density at radius 3 is 2.80 bits per heavy atom. The van der Waals surface area contributed by atoms with Crippen LogP contribution in [0.2, 0.25) is 5.02 Å². The van der Waals surface area contributed by atoms with E-state index in [2.05, 4.69) is 11.1 Å². The molecule has 2 aromatic carbocycles. The molecule has 1 aromatic heterocycles. The highest BCUT2D eigenvalue weighted by Crippen LogP contribution is 2.28. The molecule has 3 rings (SSSR count). The Balaban J connectivity index is 2.39. The maximum Gasteiger partial charge on any atom is 0.182 e. The molecule has 3 nitrogen and oxygen atoms in total. The van der Waals surface area contributed by atoms with Gasteiger partial charge in [0.25, 0.3) is 0 Å². The van der Waals surface area contributed by atoms with Gasteiger partial charge in [0.05, 0.1) is 33.4 Å². The van der Waals surface area contributed by atoms with Crippen molar-refractivity contribution in [1.82, 2.24) is 9.55 Å². The van der Waals surface area contributed by atoms with Gasteiger partial charge >= 0.3 is 0 Å². The van der Waals surface area contributed by atoms with Crippen LogP contribution in [0.25, 0.3) is 16.7 Å². The Morgan fingerprint density at radius 2 is 2.10 bits per heavy atom. The fraction of sp³-hybridized carbons (Fsp3) is 0.0667. The molecule has 0 aliphatic carbocycles. The summed E-state index contributed by atoms with van der Waals surface area (Å²) in [5.41, 5.74) is 4.38. The van der Waals surface area contributed by atoms with Crippen LogP contribution in [0.5, 0.6) is 0 Å². The minimum Gasteiger partial charge on any atom is -0.330 e. The summed E-state index contributed by atoms with van der Waals surface area (Å²) < 4.78 is 2.49. The van der Waals surface area contributed by atoms with Crippen LogP contribution >= 0.6 is 23.8 Å². The number of imidazole rings is 1. The van der Waals surface area contributed by atoms with E-state index in [1.807, 2.05) is 35.8 Å². The lowest BCUT2D eigenvalue weighted by Crippen LogP contribution is -1.97. The molecule has 0 saturated carbocycles. The summed E-state index contributed by atoms with van der Waals surface area (Å²) in [5.74, 6) is 0. The summed E-state index contributed by atoms with van der Waals surface area (Å²) in [5, 5.41) is 9.42. The second-order valence-electron chi connectivity index (χ2n) is 4.51. The molecule has 0 saturated heterocycles. The quantitative estimate of drug-likeness (QED) is 0.671. The molecule has 5 heteroatoms. The highest BCUT2D eigenvalue weighted by atomic mass is 35.5. The van der Waals surface area contributed by atoms with E-state index in [0.717, 1.165) is 22.3 Å². The molecule has 3 aromatic rings. The number of aromatic amines is 1. The van der Waals surface area contributed by atoms with Crippen molar-refractivity contribution in [3.63, 3.8) is 0 Å². The van der Waals surface area contributed by atoms with Gasteiger partial charge in [-0.2, -0.15) is 5.26 Å². The van der Waals surface area contributed by atoms with Crippen LogP contribution in [0.1, 0.15) is 11.1 Å². The normalized spacial score (nSPS) is 10.7. The van der Waals surface area contributed by atoms with Gasteiger partial charge in [0.2, 0.25) is 0 Å². The Hall–Kier alpha value is -2.09. The third-order valence-corrected chi connectivity index (χ3v) is 3.81. The number of aromatic nitrogens is 2. The second-order valence-corrected chi connectivity index (χ2v) is 5.31. The standard InChI is InChI=1S/C15H10ClN3S/c1-9-3-2-4-12-14(9)19(15(20)18-12)13-6-5-10(8-17)7-11(13)16/h2-7H,1H3,(H,18,20). The fourth-order valence-corrected chi connectivity index (χ4v) is 2.88. The van der Waals surface area contributed by atoms with Gasteiger partial charge in [-0.15, -0.1) is 0 Å². The van der Waals surface area contributed by atoms with Crippen LogP contribution in [0.15, 0.2) is 36.4 Å². The molecule has 1 N–H and O–H groups in total. The number of nitriles is 1. The van der Waals surface area contributed by atoms with Crippen LogP contribution in [0.4, 0.5) is 0 Å². The number of rotatable bonds is 1. The van der Waals surface area contributed by atoms with Crippen LogP contribution < -0.4 is 0 Å². The third-order valence-electron chi connectivity index (χ3n) is 3.22. The van der Waals surface area contributed by atoms with Crippen LogP contribution in [0.3, 0.4) is 0 Å². The zero-order valence-corrected chi connectivity index (χ0v) is 12.2. The highest BCUT2D eigenvalue weighted by Gasteiger charge is 2.11. The SMILES string of the molecule is Cc1cccc2[nH]c(=S)n(-c3ccc(C#N)cc3Cl)c12. The van der Waals surface area contributed by atoms with Gasteiger partial charge in [0.15, 0.2) is 4.77 Å². The van der Waals surface area contributed by atoms with Crippen molar-refractivity contribution >= 4 is 34.9 Å². The van der Waals surface area contributed by atoms with Crippen molar-refractivity contribution in [3.05, 3.63) is 57.3 Å². The number of hydrogen-bond donors (Lipinski definition) is 1. The summed E-state index contributed by atoms with van der Waals surface area (Å²) in [7, 11) is 0. The monoisotopic (exact) mass is 299 g/mol. The molecule has 0 amide bonds. The molecule has 0 atom stereocenters. The predicted octanol–water partition coefficient (Wildman–Crippen LogP) is 4.52. The van der Waals surface area contributed by atoms with E-state index in [1.54, 1.807) is 12.1 Å². The number of nitrogens with one attached hydrogen (secondary N) is 1. The molecule has 0 unspecified atom stereocenters. The Labute approximate surface area is 126 Å². The lowest BCUT2D eigenvalue weighted by Gasteiger charge is -2.08. The predicted molar refractivity (Wildman–Crippen MR) is 82.9 cm³/mol. The summed E-state index contributed by atoms with van der Waals surface area (Å²) in [6.45, 7) is 2.03. The maximum absolute atomic E-state index is 8.91. The fourth-order valence-electron chi connectivity index (χ4n) is 2.32. The van der Waals surface area contributed by atoms with Crippen molar-refractivity contribution in [3.8, 4) is 11.8 Å². The molecule has 98 valence electrons. The van der Waals surface area contributed by atoms with Crippen LogP contribution in [-0.4, -0.2) is 9.55 Å². The van der Waals surface area contributed by atoms with Gasteiger partial charge in [-0.1, -0.05) is 23.7 Å². The molecule has 20 heavy (non-hydrogen) atoms. The van der Waals surface area contributed by atoms with E-state index in [9.17, 15) is 0 Å². The molecule has 0 bridgehead atoms. The molecule has 0 radical (unpaired) electrons. The molecule has 0 aliphatic heterocycles. The van der Waals surface area contributed by atoms with Crippen molar-refractivity contribution in [2.45, 2.75) is 6.92 Å². The zero-order chi connectivity index (χ0) is 14.3. The second kappa shape index (κ2) is 4.78. The smallest absolute Gasteiger partial charge is 0.182 e. The first kappa shape index (κ1) is 12.9. The number of aryl methyl sites for hydroxylation is 1. The minimum atomic E-state index is 0.504. The van der Waals surface area contributed by atoms with Crippen molar-refractivity contribution in [2.75, 3.05) is 0 Å². The molecular weight excluding hydrogens is 290 g/mol. The Kier molecular flexibility index (Phi) is 3.09. The minimum absolute atomic E-state index is 0.504. The largest absolute Gasteiger partial charge is 0.330 e. The van der Waals surface area contributed by atoms with Crippen LogP contribution in [-0.2, 0) is 0 Å². The number of nitrogens with zero attached hydrogens (tertiary/aromatic N) is 2. The summed E-state index contributed by atoms with van der Waals surface area (Å²) >= 11 is 11.7. The van der Waals surface area contributed by atoms with E-state index in [1.165, 1.54) is 0 Å². The first-order valence-electron chi connectivity index (χ1n) is 6.02. The number of hydrogen-bond acceptors (Lipinski definition) is 2. The number of fused-ring (bicyclic) bond motifs is 1. The Morgan fingerprint density at radius 1 is 1.30 bits per heavy atom. The van der Waals surface area contributed by atoms with Crippen molar-refractivity contribution in [2.24, 2.45) is 0 Å². The number of benzene rings is 2. The van der Waals surface area contributed by atoms with Gasteiger partial charge in [-0.25, -0.2) is 0 Å². The van der Waals surface area contributed by atoms with E-state index >= 15 is 0 Å². The summed E-state index contributed by atoms with van der Waals surface area (Å²) in [6.07, 6.45) is 0. The van der Waals surface area contributed by atoms with Crippen molar-refractivity contribution < 1.29 is 0 Å². The van der Waals surface area contributed by atoms with Gasteiger partial charge in [0, 0.05) is 0 Å². The van der Waals surface area contributed by atoms with Gasteiger partial charge in [-0.05, 0) is 49.0 Å². The third kappa shape index (κ3) is 1.92. The topological polar surface area (TPSA) is 44.5 Å². The van der Waals surface area contributed by atoms with Gasteiger partial charge in [0.1, 0.15) is 0 Å². The summed E-state index contributed by atoms with van der Waals surface area (Å²) in [6, 6.07) is 13.3. The highest BCUT2D eigenvalue weighted by molar-refractivity contribution is 7.71. The van der Waals surface area contributed by atoms with E-state index < -0.39 is 0 Å². The van der Waals surface area contributed by atoms with Crippen molar-refractivity contribution in [1.29, 1.82) is 5.26 Å². The molecule has 0 spiro atoms. The molecule has 1 heterocycles. The van der Waals surface area contributed by atoms with Gasteiger partial charge < -0.3 is 4.98 Å². The average molecular weight is 300 g/mol. The average Bonchev–Trinajstić information content (AvgIpc) is 2.76. The van der Waals surface area contributed by atoms with Crippen LogP contribution in [0, 0.1) is 23.0 Å². The van der Waals surface area contributed by atoms with E-state index in [4.69, 9.17) is 29.1 Å². The number of para-hydroxylation sites is 1. The first-order valence-corrected chi connectivity index (χ1v) is 6.81. The number of halogens is 1. The first-order chi connectivity index (χ1) is 9.61. The summed E-state index contributed by atoms with van der Waals surface area (Å²) in [4.78, 5) is 3.18. The van der Waals surface area contributed by atoms with Gasteiger partial charge in [-0.3, -0.25) is 4.57 Å². The Bertz CT molecular complexity index is 915. The van der Waals surface area contributed by atoms with E-state index in [0.29, 0.717) is 15.4 Å². The lowest BCUT2D eigenvalue weighted by molar-refractivity contribution is 1.06. The zero-order valence-electron chi connectivity index (χ0n) is 10.6. The molecule has 0 fully saturated rings. The number of H-pyrrole nitrogens is 1. The lowest BCUT2D eigenvalue weighted by atomic mass is 10.2. The maximum atomic E-state index is 8.91. The molecule has 0 aliphatic rings.